The Balaban J connectivity index is 3.09. The first-order chi connectivity index (χ1) is 7.45. The van der Waals surface area contributed by atoms with Crippen LogP contribution in [0.3, 0.4) is 0 Å². The van der Waals surface area contributed by atoms with Crippen LogP contribution in [0.1, 0.15) is 17.2 Å². The van der Waals surface area contributed by atoms with E-state index in [0.717, 1.165) is 12.1 Å². The van der Waals surface area contributed by atoms with E-state index < -0.39 is 23.9 Å². The lowest BCUT2D eigenvalue weighted by atomic mass is 10.0. The van der Waals surface area contributed by atoms with Crippen molar-refractivity contribution in [3.05, 3.63) is 35.1 Å². The SMILES string of the molecule is N#Cc1cc(F)cc(C(O)C(O)C(N)=O)c1. The van der Waals surface area contributed by atoms with Crippen molar-refractivity contribution >= 4 is 5.91 Å². The van der Waals surface area contributed by atoms with Crippen molar-refractivity contribution in [3.63, 3.8) is 0 Å². The summed E-state index contributed by atoms with van der Waals surface area (Å²) in [6, 6.07) is 4.73. The number of carbonyl (C=O) groups is 1. The van der Waals surface area contributed by atoms with Crippen LogP contribution in [-0.2, 0) is 4.79 Å². The Morgan fingerprint density at radius 1 is 1.44 bits per heavy atom. The zero-order chi connectivity index (χ0) is 12.3. The van der Waals surface area contributed by atoms with Crippen LogP contribution < -0.4 is 5.73 Å². The molecule has 0 saturated carbocycles. The second kappa shape index (κ2) is 4.70. The van der Waals surface area contributed by atoms with Gasteiger partial charge in [0.05, 0.1) is 11.6 Å². The lowest BCUT2D eigenvalue weighted by molar-refractivity contribution is -0.131. The highest BCUT2D eigenvalue weighted by Crippen LogP contribution is 2.19. The van der Waals surface area contributed by atoms with Gasteiger partial charge in [-0.25, -0.2) is 4.39 Å². The number of amides is 1. The van der Waals surface area contributed by atoms with Crippen molar-refractivity contribution in [2.75, 3.05) is 0 Å². The molecule has 0 aliphatic rings. The van der Waals surface area contributed by atoms with Crippen LogP contribution in [-0.4, -0.2) is 22.2 Å². The van der Waals surface area contributed by atoms with Gasteiger partial charge in [-0.15, -0.1) is 0 Å². The third kappa shape index (κ3) is 2.53. The molecule has 0 radical (unpaired) electrons. The molecular weight excluding hydrogens is 215 g/mol. The molecule has 16 heavy (non-hydrogen) atoms. The summed E-state index contributed by atoms with van der Waals surface area (Å²) in [5, 5.41) is 27.2. The maximum absolute atomic E-state index is 13.0. The van der Waals surface area contributed by atoms with Crippen LogP contribution in [0.4, 0.5) is 4.39 Å². The van der Waals surface area contributed by atoms with Gasteiger partial charge in [0.2, 0.25) is 5.91 Å². The maximum Gasteiger partial charge on any atom is 0.249 e. The highest BCUT2D eigenvalue weighted by molar-refractivity contribution is 5.79. The number of halogens is 1. The van der Waals surface area contributed by atoms with Crippen molar-refractivity contribution in [2.24, 2.45) is 5.73 Å². The van der Waals surface area contributed by atoms with Crippen molar-refractivity contribution in [1.82, 2.24) is 0 Å². The third-order valence-corrected chi connectivity index (χ3v) is 1.98. The summed E-state index contributed by atoms with van der Waals surface area (Å²) in [5.74, 6) is -1.87. The molecular formula is C10H9FN2O3. The van der Waals surface area contributed by atoms with Gasteiger partial charge in [-0.3, -0.25) is 4.79 Å². The third-order valence-electron chi connectivity index (χ3n) is 1.98. The molecule has 1 aromatic rings. The van der Waals surface area contributed by atoms with E-state index in [0.29, 0.717) is 0 Å². The fraction of sp³-hybridized carbons (Fsp3) is 0.200. The number of nitrogens with zero attached hydrogens (tertiary/aromatic N) is 1. The molecule has 0 heterocycles. The lowest BCUT2D eigenvalue weighted by Gasteiger charge is -2.15. The number of aliphatic hydroxyl groups is 2. The number of benzene rings is 1. The largest absolute Gasteiger partial charge is 0.385 e. The molecule has 0 aliphatic heterocycles. The predicted octanol–water partition coefficient (Wildman–Crippen LogP) is -0.423. The Labute approximate surface area is 90.5 Å². The molecule has 1 rings (SSSR count). The summed E-state index contributed by atoms with van der Waals surface area (Å²) >= 11 is 0. The first-order valence-electron chi connectivity index (χ1n) is 4.31. The normalized spacial score (nSPS) is 13.9. The highest BCUT2D eigenvalue weighted by Gasteiger charge is 2.24. The van der Waals surface area contributed by atoms with Gasteiger partial charge in [0, 0.05) is 0 Å². The molecule has 2 atom stereocenters. The number of nitrogens with two attached hydrogens (primary N) is 1. The summed E-state index contributed by atoms with van der Waals surface area (Å²) < 4.78 is 13.0. The van der Waals surface area contributed by atoms with E-state index in [-0.39, 0.29) is 11.1 Å². The van der Waals surface area contributed by atoms with E-state index in [1.54, 1.807) is 6.07 Å². The van der Waals surface area contributed by atoms with Gasteiger partial charge >= 0.3 is 0 Å². The van der Waals surface area contributed by atoms with Crippen LogP contribution in [0.5, 0.6) is 0 Å². The predicted molar refractivity (Wildman–Crippen MR) is 51.3 cm³/mol. The maximum atomic E-state index is 13.0. The van der Waals surface area contributed by atoms with Gasteiger partial charge in [0.25, 0.3) is 0 Å². The highest BCUT2D eigenvalue weighted by atomic mass is 19.1. The monoisotopic (exact) mass is 224 g/mol. The molecule has 0 aromatic heterocycles. The minimum atomic E-state index is -1.84. The Bertz CT molecular complexity index is 456. The fourth-order valence-corrected chi connectivity index (χ4v) is 1.19. The standard InChI is InChI=1S/C10H9FN2O3/c11-7-2-5(4-12)1-6(3-7)8(14)9(15)10(13)16/h1-3,8-9,14-15H,(H2,13,16). The topological polar surface area (TPSA) is 107 Å². The van der Waals surface area contributed by atoms with E-state index in [2.05, 4.69) is 0 Å². The first kappa shape index (κ1) is 12.1. The Kier molecular flexibility index (Phi) is 3.55. The molecule has 1 aromatic carbocycles. The van der Waals surface area contributed by atoms with Crippen molar-refractivity contribution in [3.8, 4) is 6.07 Å². The van der Waals surface area contributed by atoms with Crippen molar-refractivity contribution < 1.29 is 19.4 Å². The van der Waals surface area contributed by atoms with E-state index in [1.807, 2.05) is 0 Å². The molecule has 0 aliphatic carbocycles. The molecule has 0 spiro atoms. The number of nitriles is 1. The Hall–Kier alpha value is -1.97. The Morgan fingerprint density at radius 3 is 2.56 bits per heavy atom. The molecule has 84 valence electrons. The number of rotatable bonds is 3. The second-order valence-corrected chi connectivity index (χ2v) is 3.18. The van der Waals surface area contributed by atoms with Crippen LogP contribution in [0, 0.1) is 17.1 Å². The van der Waals surface area contributed by atoms with Crippen LogP contribution in [0.25, 0.3) is 0 Å². The van der Waals surface area contributed by atoms with Gasteiger partial charge in [0.1, 0.15) is 11.9 Å². The summed E-state index contributed by atoms with van der Waals surface area (Å²) in [4.78, 5) is 10.6. The van der Waals surface area contributed by atoms with Gasteiger partial charge in [0.15, 0.2) is 6.10 Å². The van der Waals surface area contributed by atoms with Crippen LogP contribution in [0.15, 0.2) is 18.2 Å². The number of hydrogen-bond donors (Lipinski definition) is 3. The summed E-state index contributed by atoms with van der Waals surface area (Å²) in [6.45, 7) is 0. The summed E-state index contributed by atoms with van der Waals surface area (Å²) in [5.41, 5.74) is 4.67. The van der Waals surface area contributed by atoms with E-state index in [4.69, 9.17) is 11.0 Å². The van der Waals surface area contributed by atoms with Gasteiger partial charge in [-0.1, -0.05) is 0 Å². The molecule has 5 nitrogen and oxygen atoms in total. The van der Waals surface area contributed by atoms with E-state index in [9.17, 15) is 19.4 Å². The summed E-state index contributed by atoms with van der Waals surface area (Å²) in [7, 11) is 0. The number of carbonyl (C=O) groups excluding carboxylic acids is 1. The average Bonchev–Trinajstić information content (AvgIpc) is 2.25. The van der Waals surface area contributed by atoms with Gasteiger partial charge < -0.3 is 15.9 Å². The zero-order valence-corrected chi connectivity index (χ0v) is 8.09. The first-order valence-corrected chi connectivity index (χ1v) is 4.31. The number of primary amides is 1. The molecule has 0 fully saturated rings. The fourth-order valence-electron chi connectivity index (χ4n) is 1.19. The molecule has 1 amide bonds. The number of hydrogen-bond acceptors (Lipinski definition) is 4. The van der Waals surface area contributed by atoms with Crippen molar-refractivity contribution in [1.29, 1.82) is 5.26 Å². The molecule has 4 N–H and O–H groups in total. The zero-order valence-electron chi connectivity index (χ0n) is 8.09. The average molecular weight is 224 g/mol. The van der Waals surface area contributed by atoms with E-state index in [1.165, 1.54) is 6.07 Å². The summed E-state index contributed by atoms with van der Waals surface area (Å²) in [6.07, 6.45) is -3.49. The second-order valence-electron chi connectivity index (χ2n) is 3.18. The Morgan fingerprint density at radius 2 is 2.06 bits per heavy atom. The van der Waals surface area contributed by atoms with Crippen LogP contribution >= 0.6 is 0 Å². The molecule has 6 heteroatoms. The molecule has 2 unspecified atom stereocenters. The van der Waals surface area contributed by atoms with E-state index >= 15 is 0 Å². The van der Waals surface area contributed by atoms with Crippen LogP contribution in [0.2, 0.25) is 0 Å². The minimum Gasteiger partial charge on any atom is -0.385 e. The van der Waals surface area contributed by atoms with Gasteiger partial charge in [-0.2, -0.15) is 5.26 Å². The van der Waals surface area contributed by atoms with Gasteiger partial charge in [-0.05, 0) is 23.8 Å². The minimum absolute atomic E-state index is 0.0225. The molecule has 0 bridgehead atoms. The quantitative estimate of drug-likeness (QED) is 0.647. The smallest absolute Gasteiger partial charge is 0.249 e. The molecule has 0 saturated heterocycles. The number of aliphatic hydroxyl groups excluding tert-OH is 2. The van der Waals surface area contributed by atoms with Crippen molar-refractivity contribution in [2.45, 2.75) is 12.2 Å². The lowest BCUT2D eigenvalue weighted by Crippen LogP contribution is -2.33.